The van der Waals surface area contributed by atoms with Gasteiger partial charge in [-0.25, -0.2) is 0 Å². The molecule has 3 saturated heterocycles. The van der Waals surface area contributed by atoms with Gasteiger partial charge in [0.1, 0.15) is 6.61 Å². The van der Waals surface area contributed by atoms with Crippen molar-refractivity contribution in [2.45, 2.75) is 12.8 Å². The van der Waals surface area contributed by atoms with Crippen molar-refractivity contribution in [1.29, 1.82) is 0 Å². The van der Waals surface area contributed by atoms with Gasteiger partial charge < -0.3 is 19.3 Å². The zero-order chi connectivity index (χ0) is 18.2. The van der Waals surface area contributed by atoms with Gasteiger partial charge in [0.25, 0.3) is 0 Å². The molecule has 150 valence electrons. The Bertz CT molecular complexity index is 415. The highest BCUT2D eigenvalue weighted by atomic mass is 16.5. The normalized spacial score (nSPS) is 25.4. The van der Waals surface area contributed by atoms with Crippen molar-refractivity contribution in [3.05, 3.63) is 0 Å². The number of esters is 1. The maximum atomic E-state index is 12.3. The zero-order valence-corrected chi connectivity index (χ0v) is 16.4. The second kappa shape index (κ2) is 10.6. The molecule has 0 unspecified atom stereocenters. The van der Waals surface area contributed by atoms with E-state index < -0.39 is 0 Å². The van der Waals surface area contributed by atoms with Crippen molar-refractivity contribution >= 4 is 5.97 Å². The summed E-state index contributed by atoms with van der Waals surface area (Å²) >= 11 is 0. The van der Waals surface area contributed by atoms with Crippen molar-refractivity contribution < 1.29 is 14.3 Å². The first kappa shape index (κ1) is 20.0. The first-order valence-electron chi connectivity index (χ1n) is 10.3. The Kier molecular flexibility index (Phi) is 8.13. The van der Waals surface area contributed by atoms with Gasteiger partial charge in [0, 0.05) is 58.9 Å². The van der Waals surface area contributed by atoms with Crippen LogP contribution in [-0.4, -0.2) is 124 Å². The Hall–Kier alpha value is -0.730. The summed E-state index contributed by atoms with van der Waals surface area (Å²) in [6.07, 6.45) is 1.89. The summed E-state index contributed by atoms with van der Waals surface area (Å²) < 4.78 is 10.9. The molecule has 3 rings (SSSR count). The van der Waals surface area contributed by atoms with Crippen molar-refractivity contribution in [3.63, 3.8) is 0 Å². The highest BCUT2D eigenvalue weighted by molar-refractivity contribution is 5.72. The van der Waals surface area contributed by atoms with E-state index in [1.807, 2.05) is 0 Å². The number of nitrogens with zero attached hydrogens (tertiary/aromatic N) is 4. The van der Waals surface area contributed by atoms with Gasteiger partial charge in [-0.3, -0.25) is 14.6 Å². The van der Waals surface area contributed by atoms with Gasteiger partial charge in [-0.2, -0.15) is 0 Å². The van der Waals surface area contributed by atoms with Crippen LogP contribution in [0.3, 0.4) is 0 Å². The van der Waals surface area contributed by atoms with E-state index in [0.29, 0.717) is 6.61 Å². The molecule has 26 heavy (non-hydrogen) atoms. The number of morpholine rings is 1. The number of carbonyl (C=O) groups excluding carboxylic acids is 1. The Morgan fingerprint density at radius 2 is 1.42 bits per heavy atom. The predicted molar refractivity (Wildman–Crippen MR) is 101 cm³/mol. The first-order chi connectivity index (χ1) is 12.7. The first-order valence-corrected chi connectivity index (χ1v) is 10.3. The summed E-state index contributed by atoms with van der Waals surface area (Å²) in [5.41, 5.74) is 0. The van der Waals surface area contributed by atoms with E-state index in [0.717, 1.165) is 71.9 Å². The van der Waals surface area contributed by atoms with E-state index in [9.17, 15) is 4.79 Å². The van der Waals surface area contributed by atoms with E-state index in [4.69, 9.17) is 9.47 Å². The molecule has 3 fully saturated rings. The van der Waals surface area contributed by atoms with Gasteiger partial charge in [-0.15, -0.1) is 0 Å². The lowest BCUT2D eigenvalue weighted by molar-refractivity contribution is -0.150. The number of likely N-dealkylation sites (N-methyl/N-ethyl adjacent to an activating group) is 1. The third kappa shape index (κ3) is 6.46. The molecular weight excluding hydrogens is 332 g/mol. The molecule has 0 aromatic rings. The number of rotatable bonds is 7. The van der Waals surface area contributed by atoms with Crippen LogP contribution in [-0.2, 0) is 14.3 Å². The highest BCUT2D eigenvalue weighted by Crippen LogP contribution is 2.18. The molecule has 7 heteroatoms. The number of ether oxygens (including phenoxy) is 2. The number of carbonyl (C=O) groups is 1. The minimum atomic E-state index is 0.0111. The van der Waals surface area contributed by atoms with Crippen molar-refractivity contribution in [2.75, 3.05) is 98.9 Å². The van der Waals surface area contributed by atoms with Gasteiger partial charge in [0.15, 0.2) is 0 Å². The molecule has 0 atom stereocenters. The molecule has 3 aliphatic heterocycles. The smallest absolute Gasteiger partial charge is 0.309 e. The maximum absolute atomic E-state index is 12.3. The number of hydrogen-bond acceptors (Lipinski definition) is 7. The SMILES string of the molecule is CN1CCN(CCN2CCC(C(=O)OCCN3CCOCC3)CC2)CC1. The van der Waals surface area contributed by atoms with Crippen molar-refractivity contribution in [2.24, 2.45) is 5.92 Å². The van der Waals surface area contributed by atoms with Gasteiger partial charge >= 0.3 is 5.97 Å². The molecule has 0 bridgehead atoms. The lowest BCUT2D eigenvalue weighted by atomic mass is 9.97. The molecule has 0 aliphatic carbocycles. The van der Waals surface area contributed by atoms with Gasteiger partial charge in [0.05, 0.1) is 19.1 Å². The van der Waals surface area contributed by atoms with Crippen molar-refractivity contribution in [3.8, 4) is 0 Å². The number of likely N-dealkylation sites (tertiary alicyclic amines) is 1. The van der Waals surface area contributed by atoms with Crippen LogP contribution in [0.15, 0.2) is 0 Å². The van der Waals surface area contributed by atoms with Crippen LogP contribution in [0.2, 0.25) is 0 Å². The van der Waals surface area contributed by atoms with E-state index in [2.05, 4.69) is 26.6 Å². The van der Waals surface area contributed by atoms with E-state index in [1.165, 1.54) is 26.2 Å². The topological polar surface area (TPSA) is 48.5 Å². The van der Waals surface area contributed by atoms with Crippen LogP contribution in [0.1, 0.15) is 12.8 Å². The number of piperazine rings is 1. The Balaban J connectivity index is 1.25. The lowest BCUT2D eigenvalue weighted by Gasteiger charge is -2.35. The zero-order valence-electron chi connectivity index (χ0n) is 16.4. The fourth-order valence-electron chi connectivity index (χ4n) is 3.96. The third-order valence-corrected chi connectivity index (χ3v) is 6.00. The Labute approximate surface area is 158 Å². The monoisotopic (exact) mass is 368 g/mol. The summed E-state index contributed by atoms with van der Waals surface area (Å²) in [6.45, 7) is 13.9. The third-order valence-electron chi connectivity index (χ3n) is 6.00. The van der Waals surface area contributed by atoms with Crippen LogP contribution in [0, 0.1) is 5.92 Å². The fraction of sp³-hybridized carbons (Fsp3) is 0.947. The van der Waals surface area contributed by atoms with Crippen LogP contribution < -0.4 is 0 Å². The lowest BCUT2D eigenvalue weighted by Crippen LogP contribution is -2.48. The molecular formula is C19H36N4O3. The van der Waals surface area contributed by atoms with Gasteiger partial charge in [0.2, 0.25) is 0 Å². The fourth-order valence-corrected chi connectivity index (χ4v) is 3.96. The molecule has 0 N–H and O–H groups in total. The van der Waals surface area contributed by atoms with E-state index in [1.54, 1.807) is 0 Å². The maximum Gasteiger partial charge on any atom is 0.309 e. The second-order valence-corrected chi connectivity index (χ2v) is 7.88. The Morgan fingerprint density at radius 3 is 2.08 bits per heavy atom. The van der Waals surface area contributed by atoms with Crippen LogP contribution >= 0.6 is 0 Å². The average molecular weight is 369 g/mol. The van der Waals surface area contributed by atoms with E-state index in [-0.39, 0.29) is 11.9 Å². The summed E-state index contributed by atoms with van der Waals surface area (Å²) in [4.78, 5) is 22.1. The second-order valence-electron chi connectivity index (χ2n) is 7.88. The molecule has 3 aliphatic rings. The van der Waals surface area contributed by atoms with E-state index >= 15 is 0 Å². The molecule has 7 nitrogen and oxygen atoms in total. The predicted octanol–water partition coefficient (Wildman–Crippen LogP) is -0.179. The summed E-state index contributed by atoms with van der Waals surface area (Å²) in [5.74, 6) is 0.108. The molecule has 3 heterocycles. The molecule has 0 aromatic carbocycles. The van der Waals surface area contributed by atoms with Gasteiger partial charge in [-0.05, 0) is 33.0 Å². The summed E-state index contributed by atoms with van der Waals surface area (Å²) in [5, 5.41) is 0. The number of hydrogen-bond donors (Lipinski definition) is 0. The Morgan fingerprint density at radius 1 is 0.846 bits per heavy atom. The van der Waals surface area contributed by atoms with Crippen LogP contribution in [0.4, 0.5) is 0 Å². The van der Waals surface area contributed by atoms with Crippen LogP contribution in [0.25, 0.3) is 0 Å². The standard InChI is InChI=1S/C19H36N4O3/c1-20-6-8-22(9-7-20)11-10-21-4-2-18(3-5-21)19(24)26-17-14-23-12-15-25-16-13-23/h18H,2-17H2,1H3. The number of piperidine rings is 1. The largest absolute Gasteiger partial charge is 0.464 e. The molecule has 0 aromatic heterocycles. The molecule has 0 amide bonds. The van der Waals surface area contributed by atoms with Gasteiger partial charge in [-0.1, -0.05) is 0 Å². The van der Waals surface area contributed by atoms with Crippen molar-refractivity contribution in [1.82, 2.24) is 19.6 Å². The molecule has 0 radical (unpaired) electrons. The summed E-state index contributed by atoms with van der Waals surface area (Å²) in [6, 6.07) is 0. The summed E-state index contributed by atoms with van der Waals surface area (Å²) in [7, 11) is 2.20. The quantitative estimate of drug-likeness (QED) is 0.578. The molecule has 0 spiro atoms. The highest BCUT2D eigenvalue weighted by Gasteiger charge is 2.26. The van der Waals surface area contributed by atoms with Crippen LogP contribution in [0.5, 0.6) is 0 Å². The minimum Gasteiger partial charge on any atom is -0.464 e. The minimum absolute atomic E-state index is 0.0111. The molecule has 0 saturated carbocycles. The average Bonchev–Trinajstić information content (AvgIpc) is 2.69.